The molecule has 3 nitrogen and oxygen atoms in total. The Morgan fingerprint density at radius 2 is 2.16 bits per heavy atom. The molecule has 1 aromatic carbocycles. The summed E-state index contributed by atoms with van der Waals surface area (Å²) in [6, 6.07) is 8.94. The third kappa shape index (κ3) is 3.55. The summed E-state index contributed by atoms with van der Waals surface area (Å²) >= 11 is 5.92. The normalized spacial score (nSPS) is 12.1. The number of hydrogen-bond acceptors (Lipinski definition) is 2. The molecule has 2 aromatic rings. The van der Waals surface area contributed by atoms with E-state index in [4.69, 9.17) is 11.6 Å². The largest absolute Gasteiger partial charge is 0.481 e. The summed E-state index contributed by atoms with van der Waals surface area (Å²) in [6.07, 6.45) is 3.86. The highest BCUT2D eigenvalue weighted by Gasteiger charge is 2.20. The highest BCUT2D eigenvalue weighted by molar-refractivity contribution is 6.30. The van der Waals surface area contributed by atoms with Crippen LogP contribution in [0.3, 0.4) is 0 Å². The Morgan fingerprint density at radius 1 is 1.37 bits per heavy atom. The third-order valence-electron chi connectivity index (χ3n) is 2.92. The number of hydrogen-bond donors (Lipinski definition) is 1. The predicted molar refractivity (Wildman–Crippen MR) is 74.5 cm³/mol. The molecule has 0 aliphatic heterocycles. The molecule has 0 saturated heterocycles. The van der Waals surface area contributed by atoms with Crippen molar-refractivity contribution in [3.05, 3.63) is 64.4 Å². The zero-order valence-electron chi connectivity index (χ0n) is 10.5. The first-order valence-corrected chi connectivity index (χ1v) is 6.33. The minimum absolute atomic E-state index is 0.407. The first-order valence-electron chi connectivity index (χ1n) is 5.95. The Morgan fingerprint density at radius 3 is 2.79 bits per heavy atom. The van der Waals surface area contributed by atoms with Gasteiger partial charge in [0.15, 0.2) is 0 Å². The summed E-state index contributed by atoms with van der Waals surface area (Å²) in [4.78, 5) is 15.5. The van der Waals surface area contributed by atoms with Gasteiger partial charge in [-0.3, -0.25) is 9.78 Å². The van der Waals surface area contributed by atoms with Gasteiger partial charge in [-0.25, -0.2) is 0 Å². The van der Waals surface area contributed by atoms with Gasteiger partial charge >= 0.3 is 5.97 Å². The maximum atomic E-state index is 11.4. The minimum Gasteiger partial charge on any atom is -0.481 e. The van der Waals surface area contributed by atoms with Crippen LogP contribution in [0.5, 0.6) is 0 Å². The van der Waals surface area contributed by atoms with Gasteiger partial charge in [0.2, 0.25) is 0 Å². The van der Waals surface area contributed by atoms with E-state index in [1.54, 1.807) is 36.7 Å². The van der Waals surface area contributed by atoms with E-state index < -0.39 is 11.9 Å². The lowest BCUT2D eigenvalue weighted by Gasteiger charge is -2.13. The lowest BCUT2D eigenvalue weighted by Crippen LogP contribution is -2.14. The molecule has 0 amide bonds. The topological polar surface area (TPSA) is 50.2 Å². The van der Waals surface area contributed by atoms with Crippen LogP contribution in [0.25, 0.3) is 0 Å². The van der Waals surface area contributed by atoms with Gasteiger partial charge in [-0.2, -0.15) is 0 Å². The number of nitrogens with zero attached hydrogens (tertiary/aromatic N) is 1. The highest BCUT2D eigenvalue weighted by Crippen LogP contribution is 2.24. The second-order valence-electron chi connectivity index (χ2n) is 4.52. The van der Waals surface area contributed by atoms with E-state index in [0.717, 1.165) is 11.1 Å². The summed E-state index contributed by atoms with van der Waals surface area (Å²) < 4.78 is 0. The molecule has 1 heterocycles. The summed E-state index contributed by atoms with van der Waals surface area (Å²) in [5.74, 6) is -1.47. The van der Waals surface area contributed by atoms with Crippen LogP contribution in [0.4, 0.5) is 0 Å². The molecule has 1 atom stereocenters. The highest BCUT2D eigenvalue weighted by atomic mass is 35.5. The van der Waals surface area contributed by atoms with Crippen LogP contribution in [0.15, 0.2) is 42.7 Å². The molecule has 2 rings (SSSR count). The fourth-order valence-electron chi connectivity index (χ4n) is 2.04. The SMILES string of the molecule is Cc1cncc(CC(C(=O)O)c2cccc(Cl)c2)c1. The van der Waals surface area contributed by atoms with Crippen molar-refractivity contribution in [2.75, 3.05) is 0 Å². The number of pyridine rings is 1. The molecule has 0 saturated carbocycles. The molecule has 0 aliphatic carbocycles. The van der Waals surface area contributed by atoms with E-state index >= 15 is 0 Å². The van der Waals surface area contributed by atoms with E-state index in [2.05, 4.69) is 4.98 Å². The fraction of sp³-hybridized carbons (Fsp3) is 0.200. The number of carbonyl (C=O) groups is 1. The van der Waals surface area contributed by atoms with E-state index in [-0.39, 0.29) is 0 Å². The number of carboxylic acids is 1. The van der Waals surface area contributed by atoms with Crippen LogP contribution in [-0.2, 0) is 11.2 Å². The first-order chi connectivity index (χ1) is 9.06. The van der Waals surface area contributed by atoms with Gasteiger partial charge < -0.3 is 5.11 Å². The van der Waals surface area contributed by atoms with Gasteiger partial charge in [-0.05, 0) is 42.2 Å². The average Bonchev–Trinajstić information content (AvgIpc) is 2.35. The third-order valence-corrected chi connectivity index (χ3v) is 3.16. The Balaban J connectivity index is 2.29. The van der Waals surface area contributed by atoms with E-state index in [1.165, 1.54) is 0 Å². The molecule has 0 radical (unpaired) electrons. The number of rotatable bonds is 4. The predicted octanol–water partition coefficient (Wildman–Crippen LogP) is 3.45. The Bertz CT molecular complexity index is 598. The number of aromatic nitrogens is 1. The van der Waals surface area contributed by atoms with Crippen molar-refractivity contribution in [3.63, 3.8) is 0 Å². The minimum atomic E-state index is -0.858. The van der Waals surface area contributed by atoms with Crippen LogP contribution in [0, 0.1) is 6.92 Å². The fourth-order valence-corrected chi connectivity index (χ4v) is 2.23. The van der Waals surface area contributed by atoms with Gasteiger partial charge in [-0.1, -0.05) is 29.8 Å². The quantitative estimate of drug-likeness (QED) is 0.930. The second kappa shape index (κ2) is 5.85. The van der Waals surface area contributed by atoms with E-state index in [0.29, 0.717) is 17.0 Å². The second-order valence-corrected chi connectivity index (χ2v) is 4.96. The average molecular weight is 276 g/mol. The molecule has 0 bridgehead atoms. The van der Waals surface area contributed by atoms with Crippen LogP contribution in [-0.4, -0.2) is 16.1 Å². The molecular weight excluding hydrogens is 262 g/mol. The zero-order valence-corrected chi connectivity index (χ0v) is 11.3. The van der Waals surface area contributed by atoms with Crippen molar-refractivity contribution >= 4 is 17.6 Å². The van der Waals surface area contributed by atoms with Crippen LogP contribution < -0.4 is 0 Å². The molecule has 98 valence electrons. The standard InChI is InChI=1S/C15H14ClNO2/c1-10-5-11(9-17-8-10)6-14(15(18)19)12-3-2-4-13(16)7-12/h2-5,7-9,14H,6H2,1H3,(H,18,19). The van der Waals surface area contributed by atoms with Crippen molar-refractivity contribution in [1.29, 1.82) is 0 Å². The van der Waals surface area contributed by atoms with Crippen molar-refractivity contribution in [2.24, 2.45) is 0 Å². The number of aryl methyl sites for hydroxylation is 1. The van der Waals surface area contributed by atoms with Crippen LogP contribution in [0.1, 0.15) is 22.6 Å². The number of benzene rings is 1. The lowest BCUT2D eigenvalue weighted by molar-refractivity contribution is -0.138. The molecule has 4 heteroatoms. The lowest BCUT2D eigenvalue weighted by atomic mass is 9.92. The summed E-state index contributed by atoms with van der Waals surface area (Å²) in [5.41, 5.74) is 2.64. The number of aliphatic carboxylic acids is 1. The summed E-state index contributed by atoms with van der Waals surface area (Å²) in [7, 11) is 0. The zero-order chi connectivity index (χ0) is 13.8. The molecule has 0 aliphatic rings. The van der Waals surface area contributed by atoms with Gasteiger partial charge in [0.1, 0.15) is 0 Å². The van der Waals surface area contributed by atoms with Crippen molar-refractivity contribution in [3.8, 4) is 0 Å². The van der Waals surface area contributed by atoms with Crippen LogP contribution in [0.2, 0.25) is 5.02 Å². The molecule has 19 heavy (non-hydrogen) atoms. The summed E-state index contributed by atoms with van der Waals surface area (Å²) in [5, 5.41) is 9.93. The van der Waals surface area contributed by atoms with Gasteiger partial charge in [0, 0.05) is 17.4 Å². The molecule has 1 N–H and O–H groups in total. The van der Waals surface area contributed by atoms with E-state index in [1.807, 2.05) is 13.0 Å². The summed E-state index contributed by atoms with van der Waals surface area (Å²) in [6.45, 7) is 1.94. The molecule has 0 fully saturated rings. The number of carboxylic acid groups (broad SMARTS) is 1. The van der Waals surface area contributed by atoms with Crippen molar-refractivity contribution in [2.45, 2.75) is 19.3 Å². The van der Waals surface area contributed by atoms with Crippen molar-refractivity contribution in [1.82, 2.24) is 4.98 Å². The van der Waals surface area contributed by atoms with E-state index in [9.17, 15) is 9.90 Å². The Hall–Kier alpha value is -1.87. The number of halogens is 1. The first kappa shape index (κ1) is 13.6. The Kier molecular flexibility index (Phi) is 4.17. The molecule has 1 unspecified atom stereocenters. The van der Waals surface area contributed by atoms with Gasteiger partial charge in [0.05, 0.1) is 5.92 Å². The maximum absolute atomic E-state index is 11.4. The van der Waals surface area contributed by atoms with Gasteiger partial charge in [-0.15, -0.1) is 0 Å². The molecule has 1 aromatic heterocycles. The smallest absolute Gasteiger partial charge is 0.311 e. The van der Waals surface area contributed by atoms with Crippen LogP contribution >= 0.6 is 11.6 Å². The molecular formula is C15H14ClNO2. The molecule has 0 spiro atoms. The van der Waals surface area contributed by atoms with Crippen molar-refractivity contribution < 1.29 is 9.90 Å². The maximum Gasteiger partial charge on any atom is 0.311 e. The Labute approximate surface area is 116 Å². The van der Waals surface area contributed by atoms with Gasteiger partial charge in [0.25, 0.3) is 0 Å². The monoisotopic (exact) mass is 275 g/mol.